The lowest BCUT2D eigenvalue weighted by Gasteiger charge is -2.17. The van der Waals surface area contributed by atoms with Crippen LogP contribution in [-0.4, -0.2) is 20.5 Å². The highest BCUT2D eigenvalue weighted by Crippen LogP contribution is 2.27. The van der Waals surface area contributed by atoms with Crippen molar-refractivity contribution in [3.63, 3.8) is 0 Å². The topological polar surface area (TPSA) is 68.3 Å². The van der Waals surface area contributed by atoms with Crippen LogP contribution in [0.5, 0.6) is 5.75 Å². The van der Waals surface area contributed by atoms with Crippen LogP contribution in [0.4, 0.5) is 0 Å². The third-order valence-corrected chi connectivity index (χ3v) is 4.97. The molecule has 1 aromatic heterocycles. The first kappa shape index (κ1) is 15.8. The van der Waals surface area contributed by atoms with Crippen LogP contribution in [0.1, 0.15) is 18.5 Å². The molecule has 112 valence electrons. The van der Waals surface area contributed by atoms with Gasteiger partial charge in [0.15, 0.2) is 0 Å². The monoisotopic (exact) mass is 326 g/mol. The minimum absolute atomic E-state index is 0.0478. The Hall–Kier alpha value is -1.63. The van der Waals surface area contributed by atoms with Crippen molar-refractivity contribution >= 4 is 21.6 Å². The molecular formula is C14H15ClN2O3S. The Bertz CT molecular complexity index is 735. The molecule has 21 heavy (non-hydrogen) atoms. The van der Waals surface area contributed by atoms with Gasteiger partial charge in [-0.1, -0.05) is 29.8 Å². The number of ether oxygens (including phenoxy) is 1. The normalized spacial score (nSPS) is 12.9. The number of rotatable bonds is 5. The van der Waals surface area contributed by atoms with Gasteiger partial charge in [-0.25, -0.2) is 13.1 Å². The van der Waals surface area contributed by atoms with Gasteiger partial charge in [0.25, 0.3) is 0 Å². The van der Waals surface area contributed by atoms with E-state index < -0.39 is 16.1 Å². The molecule has 1 unspecified atom stereocenters. The van der Waals surface area contributed by atoms with E-state index in [2.05, 4.69) is 9.71 Å². The first-order valence-corrected chi connectivity index (χ1v) is 8.06. The zero-order valence-electron chi connectivity index (χ0n) is 11.6. The number of benzene rings is 1. The molecule has 0 radical (unpaired) electrons. The second-order valence-corrected chi connectivity index (χ2v) is 6.48. The van der Waals surface area contributed by atoms with Crippen LogP contribution in [0.15, 0.2) is 47.6 Å². The van der Waals surface area contributed by atoms with Gasteiger partial charge in [0.2, 0.25) is 10.0 Å². The van der Waals surface area contributed by atoms with Crippen molar-refractivity contribution in [1.29, 1.82) is 0 Å². The average Bonchev–Trinajstić information content (AvgIpc) is 2.47. The van der Waals surface area contributed by atoms with Crippen LogP contribution in [0, 0.1) is 0 Å². The Balaban J connectivity index is 2.31. The van der Waals surface area contributed by atoms with E-state index in [-0.39, 0.29) is 9.92 Å². The highest BCUT2D eigenvalue weighted by Gasteiger charge is 2.22. The number of aromatic nitrogens is 1. The van der Waals surface area contributed by atoms with Crippen molar-refractivity contribution in [3.05, 3.63) is 53.3 Å². The second kappa shape index (κ2) is 6.43. The van der Waals surface area contributed by atoms with Crippen molar-refractivity contribution < 1.29 is 13.2 Å². The lowest BCUT2D eigenvalue weighted by Crippen LogP contribution is -2.27. The molecule has 5 nitrogen and oxygen atoms in total. The molecule has 0 aliphatic heterocycles. The van der Waals surface area contributed by atoms with Gasteiger partial charge in [-0.15, -0.1) is 0 Å². The number of pyridine rings is 1. The summed E-state index contributed by atoms with van der Waals surface area (Å²) in [4.78, 5) is 3.75. The summed E-state index contributed by atoms with van der Waals surface area (Å²) in [6.07, 6.45) is 2.66. The summed E-state index contributed by atoms with van der Waals surface area (Å²) < 4.78 is 32.5. The summed E-state index contributed by atoms with van der Waals surface area (Å²) in [6.45, 7) is 1.74. The van der Waals surface area contributed by atoms with Crippen molar-refractivity contribution in [2.24, 2.45) is 0 Å². The van der Waals surface area contributed by atoms with Crippen molar-refractivity contribution in [2.45, 2.75) is 17.9 Å². The molecule has 7 heteroatoms. The summed E-state index contributed by atoms with van der Waals surface area (Å²) in [5.41, 5.74) is 0.739. The molecule has 2 aromatic rings. The maximum absolute atomic E-state index is 12.4. The minimum Gasteiger partial charge on any atom is -0.496 e. The Kier molecular flexibility index (Phi) is 4.82. The van der Waals surface area contributed by atoms with Crippen LogP contribution in [-0.2, 0) is 10.0 Å². The summed E-state index contributed by atoms with van der Waals surface area (Å²) >= 11 is 5.91. The van der Waals surface area contributed by atoms with Gasteiger partial charge in [-0.2, -0.15) is 0 Å². The fraction of sp³-hybridized carbons (Fsp3) is 0.214. The maximum atomic E-state index is 12.4. The second-order valence-electron chi connectivity index (χ2n) is 4.39. The molecule has 2 rings (SSSR count). The van der Waals surface area contributed by atoms with E-state index >= 15 is 0 Å². The van der Waals surface area contributed by atoms with E-state index in [4.69, 9.17) is 16.3 Å². The Morgan fingerprint density at radius 2 is 2.00 bits per heavy atom. The quantitative estimate of drug-likeness (QED) is 0.917. The number of para-hydroxylation sites is 1. The van der Waals surface area contributed by atoms with E-state index in [1.54, 1.807) is 19.1 Å². The van der Waals surface area contributed by atoms with Crippen LogP contribution < -0.4 is 9.46 Å². The van der Waals surface area contributed by atoms with Crippen molar-refractivity contribution in [1.82, 2.24) is 9.71 Å². The molecule has 0 amide bonds. The molecule has 0 bridgehead atoms. The number of hydrogen-bond donors (Lipinski definition) is 1. The molecule has 1 heterocycles. The van der Waals surface area contributed by atoms with Gasteiger partial charge in [-0.05, 0) is 19.1 Å². The zero-order valence-corrected chi connectivity index (χ0v) is 13.1. The van der Waals surface area contributed by atoms with E-state index in [0.29, 0.717) is 5.75 Å². The van der Waals surface area contributed by atoms with E-state index in [1.807, 2.05) is 12.1 Å². The maximum Gasteiger partial charge on any atom is 0.244 e. The number of methoxy groups -OCH3 is 1. The third-order valence-electron chi connectivity index (χ3n) is 2.96. The van der Waals surface area contributed by atoms with E-state index in [9.17, 15) is 8.42 Å². The highest BCUT2D eigenvalue weighted by atomic mass is 35.5. The minimum atomic E-state index is -3.76. The molecule has 0 aliphatic carbocycles. The van der Waals surface area contributed by atoms with Gasteiger partial charge in [0, 0.05) is 24.0 Å². The summed E-state index contributed by atoms with van der Waals surface area (Å²) in [5.74, 6) is 0.616. The smallest absolute Gasteiger partial charge is 0.244 e. The standard InChI is InChI=1S/C14H15ClN2O3S/c1-10(11-5-3-4-6-13(11)20-2)17-21(18,19)14-9-16-8-7-12(14)15/h3-10,17H,1-2H3. The number of sulfonamides is 1. The summed E-state index contributed by atoms with van der Waals surface area (Å²) in [7, 11) is -2.22. The average molecular weight is 327 g/mol. The third kappa shape index (κ3) is 3.53. The molecule has 1 atom stereocenters. The molecule has 1 N–H and O–H groups in total. The van der Waals surface area contributed by atoms with Crippen molar-refractivity contribution in [3.8, 4) is 5.75 Å². The fourth-order valence-electron chi connectivity index (χ4n) is 1.94. The molecule has 0 spiro atoms. The van der Waals surface area contributed by atoms with Crippen LogP contribution in [0.2, 0.25) is 5.02 Å². The largest absolute Gasteiger partial charge is 0.496 e. The number of nitrogens with one attached hydrogen (secondary N) is 1. The van der Waals surface area contributed by atoms with Crippen molar-refractivity contribution in [2.75, 3.05) is 7.11 Å². The molecule has 0 saturated carbocycles. The number of halogens is 1. The fourth-order valence-corrected chi connectivity index (χ4v) is 3.60. The predicted molar refractivity (Wildman–Crippen MR) is 81.0 cm³/mol. The molecular weight excluding hydrogens is 312 g/mol. The van der Waals surface area contributed by atoms with E-state index in [0.717, 1.165) is 5.56 Å². The highest BCUT2D eigenvalue weighted by molar-refractivity contribution is 7.89. The van der Waals surface area contributed by atoms with Gasteiger partial charge >= 0.3 is 0 Å². The van der Waals surface area contributed by atoms with Gasteiger partial charge in [0.05, 0.1) is 12.1 Å². The van der Waals surface area contributed by atoms with E-state index in [1.165, 1.54) is 25.6 Å². The SMILES string of the molecule is COc1ccccc1C(C)NS(=O)(=O)c1cnccc1Cl. The predicted octanol–water partition coefficient (Wildman–Crippen LogP) is 2.78. The molecule has 0 aliphatic rings. The van der Waals surface area contributed by atoms with Crippen LogP contribution in [0.25, 0.3) is 0 Å². The first-order chi connectivity index (χ1) is 9.95. The first-order valence-electron chi connectivity index (χ1n) is 6.20. The molecule has 0 saturated heterocycles. The van der Waals surface area contributed by atoms with Gasteiger partial charge in [0.1, 0.15) is 10.6 Å². The van der Waals surface area contributed by atoms with Crippen LogP contribution in [0.3, 0.4) is 0 Å². The molecule has 1 aromatic carbocycles. The zero-order chi connectivity index (χ0) is 15.5. The summed E-state index contributed by atoms with van der Waals surface area (Å²) in [5, 5.41) is 0.129. The Labute approximate surface area is 129 Å². The number of hydrogen-bond acceptors (Lipinski definition) is 4. The summed E-state index contributed by atoms with van der Waals surface area (Å²) in [6, 6.07) is 8.18. The van der Waals surface area contributed by atoms with Gasteiger partial charge in [-0.3, -0.25) is 4.98 Å². The lowest BCUT2D eigenvalue weighted by atomic mass is 10.1. The van der Waals surface area contributed by atoms with Gasteiger partial charge < -0.3 is 4.74 Å². The molecule has 0 fully saturated rings. The Morgan fingerprint density at radius 1 is 1.29 bits per heavy atom. The van der Waals surface area contributed by atoms with Crippen LogP contribution >= 0.6 is 11.6 Å². The Morgan fingerprint density at radius 3 is 2.67 bits per heavy atom. The number of nitrogens with zero attached hydrogens (tertiary/aromatic N) is 1. The lowest BCUT2D eigenvalue weighted by molar-refractivity contribution is 0.405.